The molecule has 2 rings (SSSR count). The summed E-state index contributed by atoms with van der Waals surface area (Å²) in [5.74, 6) is 2.56. The van der Waals surface area contributed by atoms with Crippen LogP contribution in [0.5, 0.6) is 11.5 Å². The summed E-state index contributed by atoms with van der Waals surface area (Å²) in [4.78, 5) is 7.11. The first-order valence-corrected chi connectivity index (χ1v) is 10.6. The SMILES string of the molecule is CCNC(=NCCNC(C)(C)C)NC1CCN(c2cc(OC)cc(OC)c2)CC1.I. The zero-order chi connectivity index (χ0) is 21.3. The maximum atomic E-state index is 5.41. The molecule has 0 unspecified atom stereocenters. The molecule has 30 heavy (non-hydrogen) atoms. The maximum Gasteiger partial charge on any atom is 0.191 e. The number of aliphatic imine (C=N–C) groups is 1. The second-order valence-corrected chi connectivity index (χ2v) is 8.41. The third kappa shape index (κ3) is 9.16. The van der Waals surface area contributed by atoms with Gasteiger partial charge in [-0.25, -0.2) is 0 Å². The van der Waals surface area contributed by atoms with Gasteiger partial charge in [0.1, 0.15) is 11.5 Å². The van der Waals surface area contributed by atoms with E-state index < -0.39 is 0 Å². The van der Waals surface area contributed by atoms with Crippen molar-refractivity contribution in [1.29, 1.82) is 0 Å². The highest BCUT2D eigenvalue weighted by atomic mass is 127. The largest absolute Gasteiger partial charge is 0.497 e. The number of hydrogen-bond acceptors (Lipinski definition) is 5. The fourth-order valence-electron chi connectivity index (χ4n) is 3.37. The Morgan fingerprint density at radius 3 is 2.20 bits per heavy atom. The summed E-state index contributed by atoms with van der Waals surface area (Å²) in [6, 6.07) is 6.48. The Hall–Kier alpha value is -1.42. The maximum absolute atomic E-state index is 5.41. The highest BCUT2D eigenvalue weighted by Crippen LogP contribution is 2.30. The van der Waals surface area contributed by atoms with Gasteiger partial charge in [-0.3, -0.25) is 4.99 Å². The van der Waals surface area contributed by atoms with Crippen molar-refractivity contribution in [2.45, 2.75) is 52.1 Å². The molecule has 1 aliphatic rings. The third-order valence-corrected chi connectivity index (χ3v) is 4.92. The molecule has 0 bridgehead atoms. The van der Waals surface area contributed by atoms with Crippen molar-refractivity contribution in [3.63, 3.8) is 0 Å². The van der Waals surface area contributed by atoms with Crippen molar-refractivity contribution < 1.29 is 9.47 Å². The first-order valence-electron chi connectivity index (χ1n) is 10.6. The Balaban J connectivity index is 0.00000450. The summed E-state index contributed by atoms with van der Waals surface area (Å²) in [6.07, 6.45) is 2.12. The van der Waals surface area contributed by atoms with Crippen molar-refractivity contribution >= 4 is 35.6 Å². The molecule has 0 amide bonds. The smallest absolute Gasteiger partial charge is 0.191 e. The van der Waals surface area contributed by atoms with Crippen LogP contribution in [-0.2, 0) is 0 Å². The fourth-order valence-corrected chi connectivity index (χ4v) is 3.37. The van der Waals surface area contributed by atoms with E-state index in [-0.39, 0.29) is 29.5 Å². The summed E-state index contributed by atoms with van der Waals surface area (Å²) in [5.41, 5.74) is 1.27. The molecular formula is C22H40IN5O2. The summed E-state index contributed by atoms with van der Waals surface area (Å²) in [7, 11) is 3.38. The van der Waals surface area contributed by atoms with Crippen molar-refractivity contribution in [3.05, 3.63) is 18.2 Å². The van der Waals surface area contributed by atoms with Gasteiger partial charge < -0.3 is 30.3 Å². The Bertz CT molecular complexity index is 633. The molecule has 1 saturated heterocycles. The number of methoxy groups -OCH3 is 2. The Labute approximate surface area is 199 Å². The number of ether oxygens (including phenoxy) is 2. The number of hydrogen-bond donors (Lipinski definition) is 3. The van der Waals surface area contributed by atoms with Crippen LogP contribution in [0.15, 0.2) is 23.2 Å². The standard InChI is InChI=1S/C22H39N5O2.HI/c1-7-23-21(24-10-11-25-22(2,3)4)26-17-8-12-27(13-9-17)18-14-19(28-5)16-20(15-18)29-6;/h14-17,25H,7-13H2,1-6H3,(H2,23,24,26);1H. The Morgan fingerprint density at radius 2 is 1.70 bits per heavy atom. The molecule has 1 aromatic carbocycles. The molecule has 3 N–H and O–H groups in total. The number of piperidine rings is 1. The van der Waals surface area contributed by atoms with Gasteiger partial charge in [0.25, 0.3) is 0 Å². The van der Waals surface area contributed by atoms with E-state index in [1.165, 1.54) is 0 Å². The van der Waals surface area contributed by atoms with E-state index in [1.54, 1.807) is 14.2 Å². The lowest BCUT2D eigenvalue weighted by Gasteiger charge is -2.34. The second-order valence-electron chi connectivity index (χ2n) is 8.41. The predicted molar refractivity (Wildman–Crippen MR) is 137 cm³/mol. The zero-order valence-electron chi connectivity index (χ0n) is 19.4. The van der Waals surface area contributed by atoms with Crippen molar-refractivity contribution in [1.82, 2.24) is 16.0 Å². The molecule has 0 saturated carbocycles. The van der Waals surface area contributed by atoms with Crippen LogP contribution in [0.4, 0.5) is 5.69 Å². The number of anilines is 1. The second kappa shape index (κ2) is 13.1. The van der Waals surface area contributed by atoms with E-state index >= 15 is 0 Å². The molecule has 7 nitrogen and oxygen atoms in total. The number of guanidine groups is 1. The average Bonchev–Trinajstić information content (AvgIpc) is 2.70. The van der Waals surface area contributed by atoms with E-state index in [9.17, 15) is 0 Å². The minimum Gasteiger partial charge on any atom is -0.497 e. The molecule has 0 aliphatic carbocycles. The van der Waals surface area contributed by atoms with E-state index in [0.29, 0.717) is 6.04 Å². The molecule has 0 aromatic heterocycles. The van der Waals surface area contributed by atoms with Gasteiger partial charge in [-0.05, 0) is 40.5 Å². The quantitative estimate of drug-likeness (QED) is 0.206. The predicted octanol–water partition coefficient (Wildman–Crippen LogP) is 3.23. The molecule has 1 aromatic rings. The lowest BCUT2D eigenvalue weighted by Crippen LogP contribution is -2.49. The van der Waals surface area contributed by atoms with Crippen LogP contribution in [0.2, 0.25) is 0 Å². The number of nitrogens with zero attached hydrogens (tertiary/aromatic N) is 2. The summed E-state index contributed by atoms with van der Waals surface area (Å²) < 4.78 is 10.8. The minimum atomic E-state index is 0. The highest BCUT2D eigenvalue weighted by molar-refractivity contribution is 14.0. The highest BCUT2D eigenvalue weighted by Gasteiger charge is 2.21. The summed E-state index contributed by atoms with van der Waals surface area (Å²) in [5, 5.41) is 10.4. The topological polar surface area (TPSA) is 70.2 Å². The molecule has 0 spiro atoms. The van der Waals surface area contributed by atoms with E-state index in [2.05, 4.69) is 60.7 Å². The van der Waals surface area contributed by atoms with E-state index in [0.717, 1.165) is 68.7 Å². The lowest BCUT2D eigenvalue weighted by molar-refractivity contribution is 0.393. The van der Waals surface area contributed by atoms with Gasteiger partial charge >= 0.3 is 0 Å². The normalized spacial score (nSPS) is 15.4. The van der Waals surface area contributed by atoms with Crippen LogP contribution < -0.4 is 30.3 Å². The van der Waals surface area contributed by atoms with Gasteiger partial charge in [-0.15, -0.1) is 24.0 Å². The number of nitrogens with one attached hydrogen (secondary N) is 3. The van der Waals surface area contributed by atoms with Crippen LogP contribution in [0.1, 0.15) is 40.5 Å². The van der Waals surface area contributed by atoms with Crippen molar-refractivity contribution in [2.24, 2.45) is 4.99 Å². The molecular weight excluding hydrogens is 493 g/mol. The molecule has 0 atom stereocenters. The van der Waals surface area contributed by atoms with Crippen molar-refractivity contribution in [3.8, 4) is 11.5 Å². The summed E-state index contributed by atoms with van der Waals surface area (Å²) in [6.45, 7) is 13.1. The molecule has 0 radical (unpaired) electrons. The van der Waals surface area contributed by atoms with Crippen LogP contribution in [-0.4, -0.2) is 64.5 Å². The van der Waals surface area contributed by atoms with Crippen LogP contribution in [0, 0.1) is 0 Å². The monoisotopic (exact) mass is 533 g/mol. The number of halogens is 1. The number of rotatable bonds is 8. The molecule has 1 aliphatic heterocycles. The fraction of sp³-hybridized carbons (Fsp3) is 0.682. The Morgan fingerprint density at radius 1 is 1.10 bits per heavy atom. The minimum absolute atomic E-state index is 0. The van der Waals surface area contributed by atoms with Gasteiger partial charge in [0.2, 0.25) is 0 Å². The third-order valence-electron chi connectivity index (χ3n) is 4.92. The number of benzene rings is 1. The Kier molecular flexibility index (Phi) is 11.6. The van der Waals surface area contributed by atoms with Crippen molar-refractivity contribution in [2.75, 3.05) is 51.8 Å². The van der Waals surface area contributed by atoms with Crippen LogP contribution in [0.25, 0.3) is 0 Å². The van der Waals surface area contributed by atoms with E-state index in [4.69, 9.17) is 14.5 Å². The van der Waals surface area contributed by atoms with Gasteiger partial charge in [-0.2, -0.15) is 0 Å². The van der Waals surface area contributed by atoms with Crippen LogP contribution >= 0.6 is 24.0 Å². The molecule has 8 heteroatoms. The first-order chi connectivity index (χ1) is 13.8. The van der Waals surface area contributed by atoms with Crippen LogP contribution in [0.3, 0.4) is 0 Å². The van der Waals surface area contributed by atoms with Gasteiger partial charge in [0, 0.05) is 61.6 Å². The first kappa shape index (κ1) is 26.6. The summed E-state index contributed by atoms with van der Waals surface area (Å²) >= 11 is 0. The average molecular weight is 533 g/mol. The van der Waals surface area contributed by atoms with Gasteiger partial charge in [0.05, 0.1) is 20.8 Å². The lowest BCUT2D eigenvalue weighted by atomic mass is 10.0. The van der Waals surface area contributed by atoms with Gasteiger partial charge in [-0.1, -0.05) is 0 Å². The molecule has 1 heterocycles. The molecule has 172 valence electrons. The zero-order valence-corrected chi connectivity index (χ0v) is 21.7. The molecule has 1 fully saturated rings. The van der Waals surface area contributed by atoms with Gasteiger partial charge in [0.15, 0.2) is 5.96 Å². The van der Waals surface area contributed by atoms with E-state index in [1.807, 2.05) is 6.07 Å².